The number of fused-ring (bicyclic) bond motifs is 3. The minimum absolute atomic E-state index is 0.172. The Bertz CT molecular complexity index is 555. The van der Waals surface area contributed by atoms with Crippen LogP contribution in [-0.2, 0) is 6.42 Å². The third-order valence-electron chi connectivity index (χ3n) is 3.72. The average Bonchev–Trinajstić information content (AvgIpc) is 2.85. The Kier molecular flexibility index (Phi) is 2.63. The van der Waals surface area contributed by atoms with Gasteiger partial charge in [0.1, 0.15) is 0 Å². The molecule has 1 aliphatic heterocycles. The molecule has 2 heterocycles. The van der Waals surface area contributed by atoms with Crippen molar-refractivity contribution in [2.75, 3.05) is 13.1 Å². The van der Waals surface area contributed by atoms with E-state index in [9.17, 15) is 14.7 Å². The lowest BCUT2D eigenvalue weighted by Crippen LogP contribution is -2.27. The van der Waals surface area contributed by atoms with E-state index in [1.54, 1.807) is 0 Å². The molecule has 18 heavy (non-hydrogen) atoms. The van der Waals surface area contributed by atoms with Crippen molar-refractivity contribution in [2.24, 2.45) is 5.92 Å². The van der Waals surface area contributed by atoms with Crippen LogP contribution < -0.4 is 0 Å². The Morgan fingerprint density at radius 1 is 1.33 bits per heavy atom. The minimum Gasteiger partial charge on any atom is -0.478 e. The summed E-state index contributed by atoms with van der Waals surface area (Å²) in [5.41, 5.74) is 1.27. The molecule has 0 radical (unpaired) electrons. The lowest BCUT2D eigenvalue weighted by molar-refractivity contribution is 0.0695. The Labute approximate surface area is 115 Å². The molecule has 1 amide bonds. The highest BCUT2D eigenvalue weighted by molar-refractivity contribution is 9.11. The molecule has 1 saturated heterocycles. The molecule has 7 heteroatoms. The van der Waals surface area contributed by atoms with Gasteiger partial charge in [-0.3, -0.25) is 0 Å². The molecule has 1 aromatic rings. The van der Waals surface area contributed by atoms with Gasteiger partial charge in [-0.05, 0) is 33.8 Å². The molecule has 1 fully saturated rings. The van der Waals surface area contributed by atoms with Gasteiger partial charge in [0.05, 0.1) is 9.35 Å². The highest BCUT2D eigenvalue weighted by atomic mass is 79.9. The molecule has 5 nitrogen and oxygen atoms in total. The second-order valence-electron chi connectivity index (χ2n) is 4.66. The first-order valence-electron chi connectivity index (χ1n) is 5.51. The van der Waals surface area contributed by atoms with E-state index in [1.807, 2.05) is 0 Å². The molecule has 96 valence electrons. The number of thiophene rings is 1. The summed E-state index contributed by atoms with van der Waals surface area (Å²) in [4.78, 5) is 24.6. The zero-order valence-corrected chi connectivity index (χ0v) is 11.6. The Morgan fingerprint density at radius 3 is 2.67 bits per heavy atom. The molecular weight excluding hydrogens is 322 g/mol. The number of carbonyl (C=O) groups is 2. The predicted octanol–water partition coefficient (Wildman–Crippen LogP) is 2.46. The number of amides is 1. The number of aromatic carboxylic acids is 1. The second-order valence-corrected chi connectivity index (χ2v) is 7.03. The van der Waals surface area contributed by atoms with Crippen LogP contribution >= 0.6 is 27.3 Å². The van der Waals surface area contributed by atoms with Gasteiger partial charge in [-0.2, -0.15) is 0 Å². The SMILES string of the molecule is O=C(O)c1c(Br)sc2c1CC1CN(C(=O)O)CC21. The van der Waals surface area contributed by atoms with E-state index in [0.717, 1.165) is 10.4 Å². The molecule has 1 aliphatic carbocycles. The molecule has 2 atom stereocenters. The normalized spacial score (nSPS) is 25.1. The van der Waals surface area contributed by atoms with Crippen molar-refractivity contribution in [1.29, 1.82) is 0 Å². The van der Waals surface area contributed by atoms with Crippen LogP contribution in [0, 0.1) is 5.92 Å². The Morgan fingerprint density at radius 2 is 2.06 bits per heavy atom. The fourth-order valence-electron chi connectivity index (χ4n) is 2.96. The van der Waals surface area contributed by atoms with E-state index < -0.39 is 12.1 Å². The van der Waals surface area contributed by atoms with Crippen molar-refractivity contribution in [3.05, 3.63) is 19.8 Å². The summed E-state index contributed by atoms with van der Waals surface area (Å²) < 4.78 is 0.646. The summed E-state index contributed by atoms with van der Waals surface area (Å²) in [6.45, 7) is 0.997. The first kappa shape index (κ1) is 12.0. The number of hydrogen-bond donors (Lipinski definition) is 2. The standard InChI is InChI=1S/C11H10BrNO4S/c12-9-7(10(14)15)5-1-4-2-13(11(16)17)3-6(4)8(5)18-9/h4,6H,1-3H2,(H,14,15)(H,16,17). The van der Waals surface area contributed by atoms with Gasteiger partial charge in [0.15, 0.2) is 0 Å². The van der Waals surface area contributed by atoms with Gasteiger partial charge in [-0.1, -0.05) is 0 Å². The monoisotopic (exact) mass is 331 g/mol. The molecular formula is C11H10BrNO4S. The summed E-state index contributed by atoms with van der Waals surface area (Å²) in [6, 6.07) is 0. The number of carboxylic acids is 1. The number of hydrogen-bond acceptors (Lipinski definition) is 3. The summed E-state index contributed by atoms with van der Waals surface area (Å²) in [5, 5.41) is 18.2. The van der Waals surface area contributed by atoms with E-state index in [1.165, 1.54) is 16.2 Å². The second kappa shape index (κ2) is 3.96. The maximum atomic E-state index is 11.2. The van der Waals surface area contributed by atoms with Crippen LogP contribution in [0.1, 0.15) is 26.7 Å². The molecule has 0 aromatic carbocycles. The number of nitrogens with zero attached hydrogens (tertiary/aromatic N) is 1. The van der Waals surface area contributed by atoms with E-state index in [4.69, 9.17) is 5.11 Å². The minimum atomic E-state index is -0.908. The van der Waals surface area contributed by atoms with Crippen LogP contribution in [-0.4, -0.2) is 40.3 Å². The first-order chi connectivity index (χ1) is 8.49. The zero-order valence-electron chi connectivity index (χ0n) is 9.22. The highest BCUT2D eigenvalue weighted by Crippen LogP contribution is 2.50. The van der Waals surface area contributed by atoms with E-state index in [0.29, 0.717) is 28.9 Å². The van der Waals surface area contributed by atoms with E-state index >= 15 is 0 Å². The molecule has 3 rings (SSSR count). The molecule has 2 aliphatic rings. The van der Waals surface area contributed by atoms with Crippen LogP contribution in [0.3, 0.4) is 0 Å². The molecule has 2 unspecified atom stereocenters. The van der Waals surface area contributed by atoms with Crippen molar-refractivity contribution < 1.29 is 19.8 Å². The van der Waals surface area contributed by atoms with Crippen molar-refractivity contribution >= 4 is 39.3 Å². The van der Waals surface area contributed by atoms with E-state index in [2.05, 4.69) is 15.9 Å². The summed E-state index contributed by atoms with van der Waals surface area (Å²) >= 11 is 4.73. The fraction of sp³-hybridized carbons (Fsp3) is 0.455. The third kappa shape index (κ3) is 1.57. The van der Waals surface area contributed by atoms with Gasteiger partial charge < -0.3 is 15.1 Å². The molecule has 1 aromatic heterocycles. The quantitative estimate of drug-likeness (QED) is 0.828. The Hall–Kier alpha value is -1.08. The van der Waals surface area contributed by atoms with Crippen molar-refractivity contribution in [3.8, 4) is 0 Å². The molecule has 2 N–H and O–H groups in total. The summed E-state index contributed by atoms with van der Waals surface area (Å²) in [5.74, 6) is -0.492. The maximum Gasteiger partial charge on any atom is 0.407 e. The van der Waals surface area contributed by atoms with Gasteiger partial charge in [0.2, 0.25) is 0 Å². The molecule has 0 saturated carbocycles. The van der Waals surface area contributed by atoms with Gasteiger partial charge in [0.25, 0.3) is 0 Å². The molecule has 0 spiro atoms. The van der Waals surface area contributed by atoms with Crippen LogP contribution in [0.5, 0.6) is 0 Å². The number of rotatable bonds is 1. The average molecular weight is 332 g/mol. The van der Waals surface area contributed by atoms with Crippen molar-refractivity contribution in [1.82, 2.24) is 4.90 Å². The van der Waals surface area contributed by atoms with Gasteiger partial charge in [0, 0.05) is 23.9 Å². The van der Waals surface area contributed by atoms with Gasteiger partial charge in [-0.15, -0.1) is 11.3 Å². The van der Waals surface area contributed by atoms with Crippen molar-refractivity contribution in [3.63, 3.8) is 0 Å². The maximum absolute atomic E-state index is 11.2. The lowest BCUT2D eigenvalue weighted by Gasteiger charge is -2.11. The topological polar surface area (TPSA) is 77.8 Å². The van der Waals surface area contributed by atoms with Crippen LogP contribution in [0.2, 0.25) is 0 Å². The predicted molar refractivity (Wildman–Crippen MR) is 68.5 cm³/mol. The summed E-state index contributed by atoms with van der Waals surface area (Å²) in [7, 11) is 0. The highest BCUT2D eigenvalue weighted by Gasteiger charge is 2.45. The number of carboxylic acid groups (broad SMARTS) is 2. The summed E-state index contributed by atoms with van der Waals surface area (Å²) in [6.07, 6.45) is -0.215. The third-order valence-corrected chi connectivity index (χ3v) is 5.76. The first-order valence-corrected chi connectivity index (χ1v) is 7.12. The lowest BCUT2D eigenvalue weighted by atomic mass is 10.0. The largest absolute Gasteiger partial charge is 0.478 e. The molecule has 0 bridgehead atoms. The Balaban J connectivity index is 1.97. The van der Waals surface area contributed by atoms with Gasteiger partial charge in [-0.25, -0.2) is 9.59 Å². The van der Waals surface area contributed by atoms with Crippen LogP contribution in [0.15, 0.2) is 3.79 Å². The fourth-order valence-corrected chi connectivity index (χ4v) is 5.12. The number of halogens is 1. The van der Waals surface area contributed by atoms with Crippen LogP contribution in [0.4, 0.5) is 4.79 Å². The van der Waals surface area contributed by atoms with Crippen LogP contribution in [0.25, 0.3) is 0 Å². The smallest absolute Gasteiger partial charge is 0.407 e. The number of likely N-dealkylation sites (tertiary alicyclic amines) is 1. The van der Waals surface area contributed by atoms with E-state index in [-0.39, 0.29) is 11.8 Å². The van der Waals surface area contributed by atoms with Gasteiger partial charge >= 0.3 is 12.1 Å². The zero-order chi connectivity index (χ0) is 13.0. The van der Waals surface area contributed by atoms with Crippen molar-refractivity contribution in [2.45, 2.75) is 12.3 Å².